The molecule has 1 heterocycles. The van der Waals surface area contributed by atoms with Crippen LogP contribution in [0.2, 0.25) is 0 Å². The fraction of sp³-hybridized carbons (Fsp3) is 0.0556. The normalized spacial score (nSPS) is 10.4. The highest BCUT2D eigenvalue weighted by Gasteiger charge is 2.16. The Morgan fingerprint density at radius 3 is 2.52 bits per heavy atom. The Bertz CT molecular complexity index is 954. The maximum Gasteiger partial charge on any atom is 0.361 e. The molecule has 0 amide bonds. The summed E-state index contributed by atoms with van der Waals surface area (Å²) in [7, 11) is 0. The molecule has 2 aromatic carbocycles. The van der Waals surface area contributed by atoms with Gasteiger partial charge in [-0.1, -0.05) is 58.4 Å². The molecule has 0 unspecified atom stereocenters. The number of benzene rings is 2. The summed E-state index contributed by atoms with van der Waals surface area (Å²) < 4.78 is 6.66. The minimum absolute atomic E-state index is 0.0642. The van der Waals surface area contributed by atoms with Crippen LogP contribution in [0.15, 0.2) is 65.3 Å². The van der Waals surface area contributed by atoms with Gasteiger partial charge in [-0.05, 0) is 17.7 Å². The minimum atomic E-state index is -0.768. The smallest absolute Gasteiger partial charge is 0.361 e. The second kappa shape index (κ2) is 7.31. The third kappa shape index (κ3) is 3.95. The zero-order valence-corrected chi connectivity index (χ0v) is 14.6. The number of nitrogens with zero attached hydrogens (tertiary/aromatic N) is 2. The van der Waals surface area contributed by atoms with Crippen LogP contribution in [0.25, 0.3) is 11.3 Å². The van der Waals surface area contributed by atoms with Crippen molar-refractivity contribution < 1.29 is 14.7 Å². The first kappa shape index (κ1) is 16.9. The van der Waals surface area contributed by atoms with Crippen molar-refractivity contribution in [2.45, 2.75) is 6.61 Å². The van der Waals surface area contributed by atoms with E-state index < -0.39 is 11.5 Å². The molecule has 1 aromatic heterocycles. The van der Waals surface area contributed by atoms with Gasteiger partial charge >= 0.3 is 5.97 Å². The van der Waals surface area contributed by atoms with Crippen molar-refractivity contribution in [2.75, 3.05) is 0 Å². The summed E-state index contributed by atoms with van der Waals surface area (Å²) in [5.41, 5.74) is 1.20. The molecule has 0 aliphatic rings. The number of ether oxygens (including phenoxy) is 1. The fourth-order valence-corrected chi connectivity index (χ4v) is 2.45. The van der Waals surface area contributed by atoms with E-state index in [0.29, 0.717) is 16.0 Å². The average Bonchev–Trinajstić information content (AvgIpc) is 2.63. The Labute approximate surface area is 152 Å². The molecule has 0 aliphatic heterocycles. The number of hydrogen-bond donors (Lipinski definition) is 2. The molecular formula is C18H14BrN3O3. The van der Waals surface area contributed by atoms with Gasteiger partial charge in [-0.2, -0.15) is 4.73 Å². The minimum Gasteiger partial charge on any atom is -0.456 e. The second-order valence-corrected chi connectivity index (χ2v) is 6.15. The van der Waals surface area contributed by atoms with Crippen molar-refractivity contribution in [3.8, 4) is 11.3 Å². The van der Waals surface area contributed by atoms with Gasteiger partial charge in [-0.25, -0.2) is 9.78 Å². The van der Waals surface area contributed by atoms with Crippen LogP contribution in [0.3, 0.4) is 0 Å². The number of esters is 1. The molecule has 0 spiro atoms. The number of aromatic nitrogens is 2. The zero-order chi connectivity index (χ0) is 17.8. The summed E-state index contributed by atoms with van der Waals surface area (Å²) in [6, 6.07) is 16.4. The van der Waals surface area contributed by atoms with E-state index in [4.69, 9.17) is 10.1 Å². The quantitative estimate of drug-likeness (QED) is 0.519. The molecule has 0 bridgehead atoms. The molecule has 7 heteroatoms. The van der Waals surface area contributed by atoms with Gasteiger partial charge in [0, 0.05) is 10.0 Å². The van der Waals surface area contributed by atoms with Crippen LogP contribution in [0, 0.1) is 5.41 Å². The van der Waals surface area contributed by atoms with Crippen LogP contribution in [-0.2, 0) is 11.3 Å². The lowest BCUT2D eigenvalue weighted by molar-refractivity contribution is 0.0455. The van der Waals surface area contributed by atoms with E-state index in [1.54, 1.807) is 12.1 Å². The summed E-state index contributed by atoms with van der Waals surface area (Å²) in [6.07, 6.45) is 1.28. The molecule has 2 N–H and O–H groups in total. The third-order valence-electron chi connectivity index (χ3n) is 3.48. The van der Waals surface area contributed by atoms with Gasteiger partial charge in [-0.3, -0.25) is 5.41 Å². The van der Waals surface area contributed by atoms with Gasteiger partial charge in [-0.15, -0.1) is 0 Å². The lowest BCUT2D eigenvalue weighted by atomic mass is 10.1. The highest BCUT2D eigenvalue weighted by atomic mass is 79.9. The second-order valence-electron chi connectivity index (χ2n) is 5.24. The number of carbonyl (C=O) groups is 1. The monoisotopic (exact) mass is 399 g/mol. The molecular weight excluding hydrogens is 386 g/mol. The average molecular weight is 400 g/mol. The van der Waals surface area contributed by atoms with Crippen LogP contribution < -0.4 is 5.49 Å². The molecule has 126 valence electrons. The van der Waals surface area contributed by atoms with E-state index in [1.807, 2.05) is 42.5 Å². The number of rotatable bonds is 4. The van der Waals surface area contributed by atoms with E-state index in [9.17, 15) is 10.0 Å². The summed E-state index contributed by atoms with van der Waals surface area (Å²) in [4.78, 5) is 16.5. The van der Waals surface area contributed by atoms with Crippen molar-refractivity contribution in [3.63, 3.8) is 0 Å². The molecule has 0 aliphatic carbocycles. The maximum absolute atomic E-state index is 12.3. The lowest BCUT2D eigenvalue weighted by Crippen LogP contribution is -2.28. The number of nitrogens with one attached hydrogen (secondary N) is 1. The Morgan fingerprint density at radius 2 is 1.84 bits per heavy atom. The molecule has 0 atom stereocenters. The van der Waals surface area contributed by atoms with Gasteiger partial charge in [0.15, 0.2) is 11.2 Å². The molecule has 0 saturated heterocycles. The molecule has 3 rings (SSSR count). The SMILES string of the molecule is N=c1c(C(=O)OCc2ccccc2)nc(-c2ccc(Br)cc2)cn1O. The van der Waals surface area contributed by atoms with Gasteiger partial charge in [0.2, 0.25) is 0 Å². The van der Waals surface area contributed by atoms with Crippen molar-refractivity contribution in [1.82, 2.24) is 9.71 Å². The molecule has 6 nitrogen and oxygen atoms in total. The van der Waals surface area contributed by atoms with Gasteiger partial charge in [0.05, 0.1) is 11.9 Å². The topological polar surface area (TPSA) is 88.2 Å². The van der Waals surface area contributed by atoms with E-state index in [2.05, 4.69) is 20.9 Å². The van der Waals surface area contributed by atoms with Crippen molar-refractivity contribution >= 4 is 21.9 Å². The van der Waals surface area contributed by atoms with Crippen LogP contribution >= 0.6 is 15.9 Å². The highest BCUT2D eigenvalue weighted by molar-refractivity contribution is 9.10. The number of carbonyl (C=O) groups excluding carboxylic acids is 1. The molecule has 25 heavy (non-hydrogen) atoms. The Morgan fingerprint density at radius 1 is 1.16 bits per heavy atom. The van der Waals surface area contributed by atoms with Crippen LogP contribution in [0.4, 0.5) is 0 Å². The lowest BCUT2D eigenvalue weighted by Gasteiger charge is -2.09. The summed E-state index contributed by atoms with van der Waals surface area (Å²) in [5.74, 6) is -0.768. The van der Waals surface area contributed by atoms with Crippen molar-refractivity contribution in [2.24, 2.45) is 0 Å². The van der Waals surface area contributed by atoms with Gasteiger partial charge in [0.25, 0.3) is 0 Å². The zero-order valence-electron chi connectivity index (χ0n) is 13.0. The van der Waals surface area contributed by atoms with E-state index in [1.165, 1.54) is 6.20 Å². The molecule has 0 radical (unpaired) electrons. The van der Waals surface area contributed by atoms with E-state index >= 15 is 0 Å². The van der Waals surface area contributed by atoms with Crippen LogP contribution in [0.1, 0.15) is 16.1 Å². The van der Waals surface area contributed by atoms with Crippen LogP contribution in [-0.4, -0.2) is 20.9 Å². The first-order chi connectivity index (χ1) is 12.0. The highest BCUT2D eigenvalue weighted by Crippen LogP contribution is 2.19. The molecule has 0 fully saturated rings. The van der Waals surface area contributed by atoms with Gasteiger partial charge in [0.1, 0.15) is 6.61 Å². The first-order valence-corrected chi connectivity index (χ1v) is 8.18. The third-order valence-corrected chi connectivity index (χ3v) is 4.00. The first-order valence-electron chi connectivity index (χ1n) is 7.39. The summed E-state index contributed by atoms with van der Waals surface area (Å²) >= 11 is 3.35. The molecule has 3 aromatic rings. The Balaban J connectivity index is 1.88. The van der Waals surface area contributed by atoms with Gasteiger partial charge < -0.3 is 9.94 Å². The largest absolute Gasteiger partial charge is 0.456 e. The van der Waals surface area contributed by atoms with Crippen LogP contribution in [0.5, 0.6) is 0 Å². The maximum atomic E-state index is 12.3. The van der Waals surface area contributed by atoms with E-state index in [0.717, 1.165) is 10.0 Å². The summed E-state index contributed by atoms with van der Waals surface area (Å²) in [6.45, 7) is 0.0642. The number of hydrogen-bond acceptors (Lipinski definition) is 5. The van der Waals surface area contributed by atoms with Crippen molar-refractivity contribution in [1.29, 1.82) is 5.41 Å². The fourth-order valence-electron chi connectivity index (χ4n) is 2.18. The predicted octanol–water partition coefficient (Wildman–Crippen LogP) is 3.39. The van der Waals surface area contributed by atoms with E-state index in [-0.39, 0.29) is 12.3 Å². The summed E-state index contributed by atoms with van der Waals surface area (Å²) in [5, 5.41) is 17.7. The Kier molecular flexibility index (Phi) is 4.95. The van der Waals surface area contributed by atoms with Crippen molar-refractivity contribution in [3.05, 3.63) is 82.0 Å². The standard InChI is InChI=1S/C18H14BrN3O3/c19-14-8-6-13(7-9-14)15-10-22(24)17(20)16(21-15)18(23)25-11-12-4-2-1-3-5-12/h1-10,20,24H,11H2. The number of halogens is 1. The Hall–Kier alpha value is -2.93. The predicted molar refractivity (Wildman–Crippen MR) is 94.0 cm³/mol. The molecule has 0 saturated carbocycles.